The first-order chi connectivity index (χ1) is 7.61. The van der Waals surface area contributed by atoms with Gasteiger partial charge in [-0.3, -0.25) is 14.8 Å². The van der Waals surface area contributed by atoms with Crippen molar-refractivity contribution in [1.82, 2.24) is 14.9 Å². The third-order valence-electron chi connectivity index (χ3n) is 2.08. The fraction of sp³-hybridized carbons (Fsp3) is 0.444. The summed E-state index contributed by atoms with van der Waals surface area (Å²) in [7, 11) is 0. The zero-order valence-corrected chi connectivity index (χ0v) is 8.89. The molecule has 88 valence electrons. The lowest BCUT2D eigenvalue weighted by Crippen LogP contribution is -2.36. The molecule has 7 heteroatoms. The van der Waals surface area contributed by atoms with Crippen molar-refractivity contribution < 1.29 is 4.79 Å². The Hall–Kier alpha value is -1.89. The van der Waals surface area contributed by atoms with Gasteiger partial charge >= 0.3 is 0 Å². The maximum Gasteiger partial charge on any atom is 0.248 e. The van der Waals surface area contributed by atoms with Crippen LogP contribution in [0.2, 0.25) is 0 Å². The molecule has 0 aliphatic carbocycles. The Morgan fingerprint density at radius 2 is 2.38 bits per heavy atom. The van der Waals surface area contributed by atoms with Crippen LogP contribution in [0.25, 0.3) is 0 Å². The summed E-state index contributed by atoms with van der Waals surface area (Å²) < 4.78 is 1.36. The first-order valence-corrected chi connectivity index (χ1v) is 4.97. The van der Waals surface area contributed by atoms with Gasteiger partial charge in [-0.05, 0) is 12.8 Å². The maximum absolute atomic E-state index is 11.6. The summed E-state index contributed by atoms with van der Waals surface area (Å²) in [5.74, 6) is -0.255. The van der Waals surface area contributed by atoms with E-state index in [0.717, 1.165) is 0 Å². The molecular formula is C9H16N6O. The van der Waals surface area contributed by atoms with Gasteiger partial charge in [0.1, 0.15) is 6.33 Å². The number of nitrogens with zero attached hydrogens (tertiary/aromatic N) is 2. The number of hydrogen-bond donors (Lipinski definition) is 4. The number of guanidine groups is 1. The van der Waals surface area contributed by atoms with Crippen LogP contribution in [-0.2, 0) is 0 Å². The molecule has 0 spiro atoms. The molecule has 0 saturated heterocycles. The summed E-state index contributed by atoms with van der Waals surface area (Å²) in [5, 5.41) is 9.58. The average Bonchev–Trinajstić information content (AvgIpc) is 2.76. The van der Waals surface area contributed by atoms with Crippen LogP contribution in [0, 0.1) is 5.41 Å². The number of nitrogens with two attached hydrogens (primary N) is 2. The Kier molecular flexibility index (Phi) is 4.46. The first-order valence-electron chi connectivity index (χ1n) is 4.97. The van der Waals surface area contributed by atoms with Crippen molar-refractivity contribution in [3.8, 4) is 0 Å². The van der Waals surface area contributed by atoms with Gasteiger partial charge in [-0.2, -0.15) is 0 Å². The van der Waals surface area contributed by atoms with E-state index < -0.39 is 6.04 Å². The summed E-state index contributed by atoms with van der Waals surface area (Å²) in [4.78, 5) is 15.4. The standard InChI is InChI=1S/C9H16N6O/c10-7(2-1-3-14-9(11)12)8(16)15-5-4-13-6-15/h4-7H,1-3,10H2,(H4,11,12,14)/t7-/m0/s1. The molecule has 6 N–H and O–H groups in total. The molecule has 0 saturated carbocycles. The quantitative estimate of drug-likeness (QED) is 0.293. The largest absolute Gasteiger partial charge is 0.370 e. The molecule has 1 heterocycles. The highest BCUT2D eigenvalue weighted by molar-refractivity contribution is 5.83. The van der Waals surface area contributed by atoms with E-state index in [4.69, 9.17) is 16.9 Å². The molecule has 1 rings (SSSR count). The lowest BCUT2D eigenvalue weighted by molar-refractivity contribution is 0.0874. The Bertz CT molecular complexity index is 347. The van der Waals surface area contributed by atoms with Crippen molar-refractivity contribution in [2.45, 2.75) is 18.9 Å². The first kappa shape index (κ1) is 12.2. The number of nitrogens with one attached hydrogen (secondary N) is 2. The van der Waals surface area contributed by atoms with Crippen LogP contribution in [0.4, 0.5) is 0 Å². The van der Waals surface area contributed by atoms with E-state index in [1.807, 2.05) is 0 Å². The molecule has 0 unspecified atom stereocenters. The summed E-state index contributed by atoms with van der Waals surface area (Å²) >= 11 is 0. The molecule has 0 radical (unpaired) electrons. The summed E-state index contributed by atoms with van der Waals surface area (Å²) in [6.45, 7) is 0.542. The summed E-state index contributed by atoms with van der Waals surface area (Å²) in [6.07, 6.45) is 5.74. The van der Waals surface area contributed by atoms with Crippen LogP contribution < -0.4 is 16.8 Å². The monoisotopic (exact) mass is 224 g/mol. The third kappa shape index (κ3) is 3.70. The van der Waals surface area contributed by atoms with E-state index in [1.165, 1.54) is 17.1 Å². The second-order valence-corrected chi connectivity index (χ2v) is 3.40. The van der Waals surface area contributed by atoms with Gasteiger partial charge in [0.2, 0.25) is 5.91 Å². The second kappa shape index (κ2) is 5.86. The molecule has 7 nitrogen and oxygen atoms in total. The van der Waals surface area contributed by atoms with Gasteiger partial charge in [-0.1, -0.05) is 0 Å². The van der Waals surface area contributed by atoms with Crippen molar-refractivity contribution in [2.24, 2.45) is 11.5 Å². The van der Waals surface area contributed by atoms with Crippen LogP contribution in [0.3, 0.4) is 0 Å². The van der Waals surface area contributed by atoms with Crippen LogP contribution >= 0.6 is 0 Å². The van der Waals surface area contributed by atoms with Crippen molar-refractivity contribution in [3.63, 3.8) is 0 Å². The normalized spacial score (nSPS) is 12.1. The van der Waals surface area contributed by atoms with Crippen LogP contribution in [0.1, 0.15) is 17.6 Å². The Balaban J connectivity index is 2.27. The van der Waals surface area contributed by atoms with Crippen LogP contribution in [-0.4, -0.2) is 34.0 Å². The topological polar surface area (TPSA) is 123 Å². The van der Waals surface area contributed by atoms with Crippen molar-refractivity contribution in [3.05, 3.63) is 18.7 Å². The van der Waals surface area contributed by atoms with Gasteiger partial charge in [-0.25, -0.2) is 4.98 Å². The number of imidazole rings is 1. The Morgan fingerprint density at radius 3 is 2.94 bits per heavy atom. The highest BCUT2D eigenvalue weighted by Crippen LogP contribution is 1.98. The number of rotatable bonds is 5. The molecule has 0 bridgehead atoms. The maximum atomic E-state index is 11.6. The number of hydrogen-bond acceptors (Lipinski definition) is 4. The predicted molar refractivity (Wildman–Crippen MR) is 60.0 cm³/mol. The SMILES string of the molecule is N=C(N)NCCC[C@H](N)C(=O)n1ccnc1. The number of aromatic nitrogens is 2. The van der Waals surface area contributed by atoms with Gasteiger partial charge in [0.25, 0.3) is 0 Å². The second-order valence-electron chi connectivity index (χ2n) is 3.40. The summed E-state index contributed by atoms with van der Waals surface area (Å²) in [6, 6.07) is -0.553. The minimum Gasteiger partial charge on any atom is -0.370 e. The summed E-state index contributed by atoms with van der Waals surface area (Å²) in [5.41, 5.74) is 10.8. The zero-order chi connectivity index (χ0) is 12.0. The molecule has 0 fully saturated rings. The smallest absolute Gasteiger partial charge is 0.248 e. The molecule has 1 aromatic heterocycles. The minimum atomic E-state index is -0.553. The van der Waals surface area contributed by atoms with Crippen molar-refractivity contribution in [1.29, 1.82) is 5.41 Å². The third-order valence-corrected chi connectivity index (χ3v) is 2.08. The predicted octanol–water partition coefficient (Wildman–Crippen LogP) is -0.886. The average molecular weight is 224 g/mol. The van der Waals surface area contributed by atoms with E-state index in [0.29, 0.717) is 19.4 Å². The molecule has 0 aliphatic heterocycles. The molecular weight excluding hydrogens is 208 g/mol. The van der Waals surface area contributed by atoms with Crippen molar-refractivity contribution in [2.75, 3.05) is 6.54 Å². The van der Waals surface area contributed by atoms with Crippen LogP contribution in [0.15, 0.2) is 18.7 Å². The lowest BCUT2D eigenvalue weighted by atomic mass is 10.1. The van der Waals surface area contributed by atoms with Crippen LogP contribution in [0.5, 0.6) is 0 Å². The molecule has 1 atom stereocenters. The minimum absolute atomic E-state index is 0.0745. The highest BCUT2D eigenvalue weighted by atomic mass is 16.2. The molecule has 0 aromatic carbocycles. The molecule has 1 aromatic rings. The van der Waals surface area contributed by atoms with Gasteiger partial charge < -0.3 is 16.8 Å². The number of carbonyl (C=O) groups is 1. The molecule has 0 aliphatic rings. The highest BCUT2D eigenvalue weighted by Gasteiger charge is 2.14. The van der Waals surface area contributed by atoms with E-state index >= 15 is 0 Å². The number of carbonyl (C=O) groups excluding carboxylic acids is 1. The molecule has 0 amide bonds. The van der Waals surface area contributed by atoms with Gasteiger partial charge in [-0.15, -0.1) is 0 Å². The van der Waals surface area contributed by atoms with Gasteiger partial charge in [0.15, 0.2) is 5.96 Å². The fourth-order valence-corrected chi connectivity index (χ4v) is 1.25. The van der Waals surface area contributed by atoms with E-state index in [9.17, 15) is 4.79 Å². The van der Waals surface area contributed by atoms with Gasteiger partial charge in [0.05, 0.1) is 6.04 Å². The lowest BCUT2D eigenvalue weighted by Gasteiger charge is -2.10. The van der Waals surface area contributed by atoms with E-state index in [2.05, 4.69) is 10.3 Å². The van der Waals surface area contributed by atoms with E-state index in [1.54, 1.807) is 6.20 Å². The Morgan fingerprint density at radius 1 is 1.62 bits per heavy atom. The Labute approximate surface area is 93.3 Å². The van der Waals surface area contributed by atoms with Crippen molar-refractivity contribution >= 4 is 11.9 Å². The molecule has 16 heavy (non-hydrogen) atoms. The van der Waals surface area contributed by atoms with Gasteiger partial charge in [0, 0.05) is 18.9 Å². The van der Waals surface area contributed by atoms with E-state index in [-0.39, 0.29) is 11.9 Å². The fourth-order valence-electron chi connectivity index (χ4n) is 1.25. The zero-order valence-electron chi connectivity index (χ0n) is 8.89.